The summed E-state index contributed by atoms with van der Waals surface area (Å²) in [7, 11) is 0. The molecule has 2 amide bonds. The molecule has 4 heteroatoms. The smallest absolute Gasteiger partial charge is 0.262 e. The number of carbonyl (C=O) groups is 2. The van der Waals surface area contributed by atoms with E-state index in [0.717, 1.165) is 19.3 Å². The first kappa shape index (κ1) is 15.4. The second kappa shape index (κ2) is 9.63. The van der Waals surface area contributed by atoms with Crippen molar-refractivity contribution >= 4 is 11.8 Å². The van der Waals surface area contributed by atoms with Crippen molar-refractivity contribution < 1.29 is 9.59 Å². The van der Waals surface area contributed by atoms with E-state index in [2.05, 4.69) is 12.2 Å². The minimum atomic E-state index is -0.691. The van der Waals surface area contributed by atoms with E-state index in [1.807, 2.05) is 13.0 Å². The van der Waals surface area contributed by atoms with E-state index in [9.17, 15) is 9.59 Å². The molecule has 0 saturated carbocycles. The van der Waals surface area contributed by atoms with Crippen LogP contribution in [0.5, 0.6) is 0 Å². The van der Waals surface area contributed by atoms with E-state index < -0.39 is 5.91 Å². The third-order valence-electron chi connectivity index (χ3n) is 2.15. The predicted molar refractivity (Wildman–Crippen MR) is 68.1 cm³/mol. The number of allylic oxidation sites excluding steroid dienone is 2. The van der Waals surface area contributed by atoms with Gasteiger partial charge in [-0.25, -0.2) is 0 Å². The minimum Gasteiger partial charge on any atom is -0.350 e. The molecule has 0 spiro atoms. The molecule has 0 heterocycles. The molecule has 0 aliphatic rings. The molecule has 0 saturated heterocycles. The van der Waals surface area contributed by atoms with Gasteiger partial charge in [-0.2, -0.15) is 0 Å². The Bertz CT molecular complexity index is 296. The van der Waals surface area contributed by atoms with Gasteiger partial charge in [-0.1, -0.05) is 25.5 Å². The molecule has 1 atom stereocenters. The summed E-state index contributed by atoms with van der Waals surface area (Å²) >= 11 is 0. The van der Waals surface area contributed by atoms with Crippen LogP contribution in [0.1, 0.15) is 39.5 Å². The third kappa shape index (κ3) is 10.7. The van der Waals surface area contributed by atoms with Crippen LogP contribution in [0.3, 0.4) is 0 Å². The minimum absolute atomic E-state index is 0.0688. The third-order valence-corrected chi connectivity index (χ3v) is 2.15. The zero-order chi connectivity index (χ0) is 13.1. The maximum absolute atomic E-state index is 11.4. The van der Waals surface area contributed by atoms with E-state index in [0.29, 0.717) is 6.42 Å². The van der Waals surface area contributed by atoms with Crippen molar-refractivity contribution in [2.24, 2.45) is 0 Å². The second-order valence-corrected chi connectivity index (χ2v) is 3.94. The maximum atomic E-state index is 11.4. The Morgan fingerprint density at radius 2 is 1.88 bits per heavy atom. The monoisotopic (exact) mass is 237 g/mol. The van der Waals surface area contributed by atoms with Crippen LogP contribution in [0, 0.1) is 0 Å². The first-order valence-electron chi connectivity index (χ1n) is 5.95. The van der Waals surface area contributed by atoms with Crippen molar-refractivity contribution in [2.75, 3.05) is 0 Å². The van der Waals surface area contributed by atoms with Gasteiger partial charge >= 0.3 is 0 Å². The topological polar surface area (TPSA) is 70.0 Å². The summed E-state index contributed by atoms with van der Waals surface area (Å²) in [6.07, 6.45) is 9.70. The summed E-state index contributed by atoms with van der Waals surface area (Å²) < 4.78 is 0. The molecule has 0 rings (SSSR count). The highest BCUT2D eigenvalue weighted by Crippen LogP contribution is 1.98. The lowest BCUT2D eigenvalue weighted by atomic mass is 10.1. The molecule has 0 aliphatic heterocycles. The molecule has 0 aromatic rings. The molecule has 1 unspecified atom stereocenters. The number of hydrogen-bond acceptors (Lipinski definition) is 2. The van der Waals surface area contributed by atoms with Gasteiger partial charge in [0.2, 0.25) is 5.91 Å². The predicted octanol–water partition coefficient (Wildman–Crippen LogP) is 1.99. The van der Waals surface area contributed by atoms with Crippen LogP contribution in [0.4, 0.5) is 0 Å². The van der Waals surface area contributed by atoms with Crippen molar-refractivity contribution in [1.29, 1.82) is 0 Å². The standard InChI is InChI=1S/C13H21N2O2/c1-3-4-5-10-13(17)15-11(2)8-6-7-9-12(14)16/h5,7,9-11,14H,3-4,6,8H2,1-2H3,(H,15,17). The van der Waals surface area contributed by atoms with Gasteiger partial charge in [-0.15, -0.1) is 0 Å². The van der Waals surface area contributed by atoms with Gasteiger partial charge in [0, 0.05) is 12.1 Å². The number of unbranched alkanes of at least 4 members (excludes halogenated alkanes) is 1. The van der Waals surface area contributed by atoms with Crippen LogP contribution >= 0.6 is 0 Å². The number of amides is 2. The zero-order valence-corrected chi connectivity index (χ0v) is 10.5. The number of nitrogens with one attached hydrogen (secondary N) is 2. The van der Waals surface area contributed by atoms with Gasteiger partial charge in [-0.3, -0.25) is 15.3 Å². The van der Waals surface area contributed by atoms with Crippen LogP contribution < -0.4 is 11.1 Å². The van der Waals surface area contributed by atoms with Crippen LogP contribution in [-0.2, 0) is 9.59 Å². The largest absolute Gasteiger partial charge is 0.350 e. The van der Waals surface area contributed by atoms with Gasteiger partial charge in [0.1, 0.15) is 0 Å². The fourth-order valence-electron chi connectivity index (χ4n) is 1.26. The molecule has 0 aromatic carbocycles. The highest BCUT2D eigenvalue weighted by Gasteiger charge is 2.02. The van der Waals surface area contributed by atoms with Crippen molar-refractivity contribution in [3.8, 4) is 0 Å². The van der Waals surface area contributed by atoms with Crippen molar-refractivity contribution in [3.05, 3.63) is 24.3 Å². The summed E-state index contributed by atoms with van der Waals surface area (Å²) in [6.45, 7) is 3.98. The summed E-state index contributed by atoms with van der Waals surface area (Å²) in [5.74, 6) is -0.768. The second-order valence-electron chi connectivity index (χ2n) is 3.94. The Labute approximate surface area is 103 Å². The quantitative estimate of drug-likeness (QED) is 0.656. The summed E-state index contributed by atoms with van der Waals surface area (Å²) in [6, 6.07) is 0.0688. The number of carbonyl (C=O) groups excluding carboxylic acids is 2. The summed E-state index contributed by atoms with van der Waals surface area (Å²) in [5.41, 5.74) is 6.67. The average molecular weight is 237 g/mol. The average Bonchev–Trinajstić information content (AvgIpc) is 2.24. The SMILES string of the molecule is CCCC=CC(=O)NC(C)CCC=CC([NH])=O. The Morgan fingerprint density at radius 1 is 1.24 bits per heavy atom. The Balaban J connectivity index is 3.74. The summed E-state index contributed by atoms with van der Waals surface area (Å²) in [4.78, 5) is 21.7. The van der Waals surface area contributed by atoms with E-state index in [4.69, 9.17) is 5.73 Å². The Hall–Kier alpha value is -1.58. The highest BCUT2D eigenvalue weighted by atomic mass is 16.1. The number of hydrogen-bond donors (Lipinski definition) is 1. The first-order valence-corrected chi connectivity index (χ1v) is 5.95. The Kier molecular flexibility index (Phi) is 8.74. The molecule has 1 radical (unpaired) electrons. The molecule has 0 aliphatic carbocycles. The molecule has 2 N–H and O–H groups in total. The lowest BCUT2D eigenvalue weighted by molar-refractivity contribution is -0.117. The number of rotatable bonds is 8. The van der Waals surface area contributed by atoms with Gasteiger partial charge in [0.15, 0.2) is 0 Å². The van der Waals surface area contributed by atoms with Crippen LogP contribution in [-0.4, -0.2) is 17.9 Å². The first-order chi connectivity index (χ1) is 8.06. The maximum Gasteiger partial charge on any atom is 0.262 e. The van der Waals surface area contributed by atoms with Crippen molar-refractivity contribution in [3.63, 3.8) is 0 Å². The zero-order valence-electron chi connectivity index (χ0n) is 10.5. The summed E-state index contributed by atoms with van der Waals surface area (Å²) in [5, 5.41) is 2.84. The molecule has 4 nitrogen and oxygen atoms in total. The lowest BCUT2D eigenvalue weighted by Gasteiger charge is -2.10. The van der Waals surface area contributed by atoms with Crippen LogP contribution in [0.15, 0.2) is 24.3 Å². The van der Waals surface area contributed by atoms with Gasteiger partial charge in [0.05, 0.1) is 0 Å². The molecule has 0 aromatic heterocycles. The molecular formula is C13H21N2O2. The normalized spacial score (nSPS) is 13.1. The van der Waals surface area contributed by atoms with Crippen molar-refractivity contribution in [1.82, 2.24) is 11.1 Å². The molecular weight excluding hydrogens is 216 g/mol. The Morgan fingerprint density at radius 3 is 2.47 bits per heavy atom. The fraction of sp³-hybridized carbons (Fsp3) is 0.538. The molecule has 95 valence electrons. The highest BCUT2D eigenvalue weighted by molar-refractivity contribution is 5.87. The molecule has 17 heavy (non-hydrogen) atoms. The van der Waals surface area contributed by atoms with Crippen molar-refractivity contribution in [2.45, 2.75) is 45.6 Å². The van der Waals surface area contributed by atoms with Crippen LogP contribution in [0.25, 0.3) is 0 Å². The van der Waals surface area contributed by atoms with E-state index >= 15 is 0 Å². The van der Waals surface area contributed by atoms with Gasteiger partial charge in [0.25, 0.3) is 5.91 Å². The fourth-order valence-corrected chi connectivity index (χ4v) is 1.26. The lowest BCUT2D eigenvalue weighted by Crippen LogP contribution is -2.30. The van der Waals surface area contributed by atoms with Gasteiger partial charge < -0.3 is 5.32 Å². The molecule has 0 fully saturated rings. The van der Waals surface area contributed by atoms with Gasteiger partial charge in [-0.05, 0) is 32.3 Å². The molecule has 0 bridgehead atoms. The van der Waals surface area contributed by atoms with E-state index in [1.54, 1.807) is 12.2 Å². The van der Waals surface area contributed by atoms with Crippen LogP contribution in [0.2, 0.25) is 0 Å². The van der Waals surface area contributed by atoms with E-state index in [1.165, 1.54) is 6.08 Å². The van der Waals surface area contributed by atoms with E-state index in [-0.39, 0.29) is 11.9 Å².